The van der Waals surface area contributed by atoms with E-state index in [1.807, 2.05) is 18.2 Å². The van der Waals surface area contributed by atoms with Gasteiger partial charge in [0.25, 0.3) is 0 Å². The summed E-state index contributed by atoms with van der Waals surface area (Å²) in [7, 11) is 0. The monoisotopic (exact) mass is 197 g/mol. The molecule has 1 N–H and O–H groups in total. The fraction of sp³-hybridized carbons (Fsp3) is 0.154. The van der Waals surface area contributed by atoms with Crippen molar-refractivity contribution in [3.8, 4) is 11.8 Å². The van der Waals surface area contributed by atoms with Gasteiger partial charge in [0, 0.05) is 6.42 Å². The van der Waals surface area contributed by atoms with Crippen molar-refractivity contribution >= 4 is 10.8 Å². The molecule has 15 heavy (non-hydrogen) atoms. The first-order chi connectivity index (χ1) is 7.29. The highest BCUT2D eigenvalue weighted by atomic mass is 16.3. The molecule has 2 heteroatoms. The highest BCUT2D eigenvalue weighted by Crippen LogP contribution is 2.21. The van der Waals surface area contributed by atoms with Crippen molar-refractivity contribution < 1.29 is 5.11 Å². The van der Waals surface area contributed by atoms with E-state index in [2.05, 4.69) is 12.1 Å². The van der Waals surface area contributed by atoms with Crippen molar-refractivity contribution in [2.75, 3.05) is 0 Å². The minimum Gasteiger partial charge on any atom is -0.508 e. The van der Waals surface area contributed by atoms with Gasteiger partial charge in [0.15, 0.2) is 0 Å². The number of hydrogen-bond donors (Lipinski definition) is 1. The Balaban J connectivity index is 2.40. The van der Waals surface area contributed by atoms with Gasteiger partial charge in [-0.15, -0.1) is 0 Å². The van der Waals surface area contributed by atoms with Gasteiger partial charge in [-0.3, -0.25) is 0 Å². The van der Waals surface area contributed by atoms with Crippen molar-refractivity contribution in [2.24, 2.45) is 0 Å². The number of aryl methyl sites for hydroxylation is 1. The van der Waals surface area contributed by atoms with Crippen LogP contribution in [0.2, 0.25) is 0 Å². The molecule has 2 rings (SSSR count). The Labute approximate surface area is 88.4 Å². The lowest BCUT2D eigenvalue weighted by Gasteiger charge is -2.02. The summed E-state index contributed by atoms with van der Waals surface area (Å²) in [5, 5.41) is 19.9. The Morgan fingerprint density at radius 2 is 1.80 bits per heavy atom. The van der Waals surface area contributed by atoms with Crippen molar-refractivity contribution in [2.45, 2.75) is 12.8 Å². The molecule has 2 nitrogen and oxygen atoms in total. The van der Waals surface area contributed by atoms with Crippen LogP contribution in [0.4, 0.5) is 0 Å². The van der Waals surface area contributed by atoms with Crippen LogP contribution in [-0.4, -0.2) is 5.11 Å². The molecule has 0 saturated heterocycles. The zero-order valence-corrected chi connectivity index (χ0v) is 8.27. The van der Waals surface area contributed by atoms with Gasteiger partial charge >= 0.3 is 0 Å². The molecule has 0 aliphatic carbocycles. The lowest BCUT2D eigenvalue weighted by molar-refractivity contribution is 0.476. The Bertz CT molecular complexity index is 526. The summed E-state index contributed by atoms with van der Waals surface area (Å²) in [5.41, 5.74) is 1.16. The quantitative estimate of drug-likeness (QED) is 0.804. The van der Waals surface area contributed by atoms with Gasteiger partial charge in [-0.25, -0.2) is 0 Å². The van der Waals surface area contributed by atoms with Crippen LogP contribution in [-0.2, 0) is 6.42 Å². The first kappa shape index (κ1) is 9.54. The number of hydrogen-bond acceptors (Lipinski definition) is 2. The molecular formula is C13H11NO. The number of rotatable bonds is 2. The lowest BCUT2D eigenvalue weighted by Crippen LogP contribution is -1.83. The number of aromatic hydroxyl groups is 1. The molecule has 0 fully saturated rings. The van der Waals surface area contributed by atoms with Crippen LogP contribution in [0.1, 0.15) is 12.0 Å². The second-order valence-electron chi connectivity index (χ2n) is 3.52. The summed E-state index contributed by atoms with van der Waals surface area (Å²) in [4.78, 5) is 0. The maximum atomic E-state index is 9.30. The van der Waals surface area contributed by atoms with E-state index in [0.717, 1.165) is 22.8 Å². The van der Waals surface area contributed by atoms with Gasteiger partial charge in [0.05, 0.1) is 6.07 Å². The zero-order valence-electron chi connectivity index (χ0n) is 8.27. The lowest BCUT2D eigenvalue weighted by atomic mass is 10.0. The molecule has 0 aromatic heterocycles. The summed E-state index contributed by atoms with van der Waals surface area (Å²) >= 11 is 0. The fourth-order valence-corrected chi connectivity index (χ4v) is 1.64. The first-order valence-corrected chi connectivity index (χ1v) is 4.88. The van der Waals surface area contributed by atoms with Gasteiger partial charge in [-0.1, -0.05) is 24.3 Å². The molecule has 0 heterocycles. The molecule has 0 unspecified atom stereocenters. The number of nitrogens with zero attached hydrogens (tertiary/aromatic N) is 1. The van der Waals surface area contributed by atoms with Gasteiger partial charge in [-0.05, 0) is 34.9 Å². The van der Waals surface area contributed by atoms with E-state index in [1.165, 1.54) is 0 Å². The molecule has 0 amide bonds. The normalized spacial score (nSPS) is 10.1. The summed E-state index contributed by atoms with van der Waals surface area (Å²) in [6.45, 7) is 0. The Morgan fingerprint density at radius 3 is 2.60 bits per heavy atom. The van der Waals surface area contributed by atoms with Crippen LogP contribution in [0, 0.1) is 11.3 Å². The molecule has 74 valence electrons. The Kier molecular flexibility index (Phi) is 2.55. The van der Waals surface area contributed by atoms with E-state index in [0.29, 0.717) is 6.42 Å². The predicted octanol–water partition coefficient (Wildman–Crippen LogP) is 3.00. The second-order valence-corrected chi connectivity index (χ2v) is 3.52. The molecule has 0 spiro atoms. The number of benzene rings is 2. The summed E-state index contributed by atoms with van der Waals surface area (Å²) < 4.78 is 0. The van der Waals surface area contributed by atoms with Gasteiger partial charge < -0.3 is 5.11 Å². The van der Waals surface area contributed by atoms with Gasteiger partial charge in [-0.2, -0.15) is 5.26 Å². The topological polar surface area (TPSA) is 44.0 Å². The number of phenols is 1. The molecule has 2 aromatic carbocycles. The smallest absolute Gasteiger partial charge is 0.116 e. The van der Waals surface area contributed by atoms with Crippen molar-refractivity contribution in [1.82, 2.24) is 0 Å². The van der Waals surface area contributed by atoms with Crippen molar-refractivity contribution in [3.05, 3.63) is 42.0 Å². The summed E-state index contributed by atoms with van der Waals surface area (Å²) in [6.07, 6.45) is 1.33. The Morgan fingerprint density at radius 1 is 1.07 bits per heavy atom. The molecule has 0 aliphatic rings. The largest absolute Gasteiger partial charge is 0.508 e. The standard InChI is InChI=1S/C13H11NO/c14-7-1-2-10-3-4-12-9-13(15)6-5-11(12)8-10/h3-6,8-9,15H,1-2H2. The fourth-order valence-electron chi connectivity index (χ4n) is 1.64. The number of fused-ring (bicyclic) bond motifs is 1. The van der Waals surface area contributed by atoms with Crippen LogP contribution in [0.5, 0.6) is 5.75 Å². The van der Waals surface area contributed by atoms with Crippen molar-refractivity contribution in [1.29, 1.82) is 5.26 Å². The van der Waals surface area contributed by atoms with E-state index in [1.54, 1.807) is 12.1 Å². The van der Waals surface area contributed by atoms with Crippen LogP contribution in [0.25, 0.3) is 10.8 Å². The average molecular weight is 197 g/mol. The van der Waals surface area contributed by atoms with Crippen LogP contribution in [0.15, 0.2) is 36.4 Å². The van der Waals surface area contributed by atoms with Crippen LogP contribution < -0.4 is 0 Å². The average Bonchev–Trinajstić information content (AvgIpc) is 2.26. The summed E-state index contributed by atoms with van der Waals surface area (Å²) in [5.74, 6) is 0.285. The predicted molar refractivity (Wildman–Crippen MR) is 59.5 cm³/mol. The van der Waals surface area contributed by atoms with Gasteiger partial charge in [0.1, 0.15) is 5.75 Å². The molecule has 2 aromatic rings. The molecule has 0 saturated carbocycles. The van der Waals surface area contributed by atoms with E-state index < -0.39 is 0 Å². The number of phenolic OH excluding ortho intramolecular Hbond substituents is 1. The third-order valence-electron chi connectivity index (χ3n) is 2.41. The minimum atomic E-state index is 0.285. The molecular weight excluding hydrogens is 186 g/mol. The van der Waals surface area contributed by atoms with E-state index >= 15 is 0 Å². The zero-order chi connectivity index (χ0) is 10.7. The highest BCUT2D eigenvalue weighted by molar-refractivity contribution is 5.84. The Hall–Kier alpha value is -2.01. The second kappa shape index (κ2) is 4.02. The van der Waals surface area contributed by atoms with E-state index in [9.17, 15) is 5.11 Å². The van der Waals surface area contributed by atoms with Crippen LogP contribution in [0.3, 0.4) is 0 Å². The molecule has 0 bridgehead atoms. The number of nitriles is 1. The maximum Gasteiger partial charge on any atom is 0.116 e. The third kappa shape index (κ3) is 2.08. The van der Waals surface area contributed by atoms with Crippen LogP contribution >= 0.6 is 0 Å². The molecule has 0 aliphatic heterocycles. The molecule has 0 radical (unpaired) electrons. The maximum absolute atomic E-state index is 9.30. The van der Waals surface area contributed by atoms with Crippen molar-refractivity contribution in [3.63, 3.8) is 0 Å². The third-order valence-corrected chi connectivity index (χ3v) is 2.41. The first-order valence-electron chi connectivity index (χ1n) is 4.88. The van der Waals surface area contributed by atoms with E-state index in [-0.39, 0.29) is 5.75 Å². The SMILES string of the molecule is N#CCCc1ccc2cc(O)ccc2c1. The highest BCUT2D eigenvalue weighted by Gasteiger charge is 1.97. The molecule has 0 atom stereocenters. The van der Waals surface area contributed by atoms with E-state index in [4.69, 9.17) is 5.26 Å². The summed E-state index contributed by atoms with van der Waals surface area (Å²) in [6, 6.07) is 13.5. The van der Waals surface area contributed by atoms with Gasteiger partial charge in [0.2, 0.25) is 0 Å². The minimum absolute atomic E-state index is 0.285.